The Morgan fingerprint density at radius 2 is 1.81 bits per heavy atom. The van der Waals surface area contributed by atoms with Crippen molar-refractivity contribution in [2.24, 2.45) is 0 Å². The van der Waals surface area contributed by atoms with Crippen LogP contribution >= 0.6 is 23.2 Å². The topological polar surface area (TPSA) is 75.7 Å². The predicted octanol–water partition coefficient (Wildman–Crippen LogP) is 3.47. The van der Waals surface area contributed by atoms with E-state index < -0.39 is 16.1 Å². The minimum absolute atomic E-state index is 0.251. The lowest BCUT2D eigenvalue weighted by atomic mass is 10.2. The molecular weight excluding hydrogens is 411 g/mol. The fourth-order valence-corrected chi connectivity index (χ4v) is 3.15. The zero-order chi connectivity index (χ0) is 20.2. The monoisotopic (exact) mass is 430 g/mol. The van der Waals surface area contributed by atoms with E-state index in [-0.39, 0.29) is 12.5 Å². The molecule has 0 heterocycles. The number of sulfonamides is 1. The Morgan fingerprint density at radius 3 is 2.37 bits per heavy atom. The van der Waals surface area contributed by atoms with Crippen molar-refractivity contribution in [3.05, 3.63) is 58.1 Å². The number of ether oxygens (including phenoxy) is 1. The summed E-state index contributed by atoms with van der Waals surface area (Å²) in [5.41, 5.74) is 1.24. The standard InChI is InChI=1S/C18H20Cl2N2O4S/c1-12(18(23)21-11-13-4-5-14(19)10-17(13)20)26-16-8-6-15(7-9-16)22(2)27(3,24)25/h4-10,12H,11H2,1-3H3,(H,21,23). The van der Waals surface area contributed by atoms with Crippen LogP contribution in [0, 0.1) is 0 Å². The third kappa shape index (κ3) is 6.02. The molecule has 0 aliphatic carbocycles. The van der Waals surface area contributed by atoms with Crippen molar-refractivity contribution in [3.8, 4) is 5.75 Å². The first-order chi connectivity index (χ1) is 12.6. The molecule has 2 rings (SSSR count). The van der Waals surface area contributed by atoms with Crippen LogP contribution in [0.4, 0.5) is 5.69 Å². The normalized spacial score (nSPS) is 12.3. The van der Waals surface area contributed by atoms with Crippen LogP contribution in [0.1, 0.15) is 12.5 Å². The third-order valence-corrected chi connectivity index (χ3v) is 5.64. The van der Waals surface area contributed by atoms with E-state index in [9.17, 15) is 13.2 Å². The first-order valence-electron chi connectivity index (χ1n) is 8.00. The number of benzene rings is 2. The van der Waals surface area contributed by atoms with Crippen LogP contribution in [0.5, 0.6) is 5.75 Å². The molecule has 2 aromatic rings. The highest BCUT2D eigenvalue weighted by Crippen LogP contribution is 2.22. The van der Waals surface area contributed by atoms with Crippen molar-refractivity contribution in [2.75, 3.05) is 17.6 Å². The molecule has 0 bridgehead atoms. The number of nitrogens with zero attached hydrogens (tertiary/aromatic N) is 1. The molecule has 1 unspecified atom stereocenters. The summed E-state index contributed by atoms with van der Waals surface area (Å²) < 4.78 is 29.8. The number of carbonyl (C=O) groups excluding carboxylic acids is 1. The van der Waals surface area contributed by atoms with Gasteiger partial charge in [0, 0.05) is 23.6 Å². The second-order valence-electron chi connectivity index (χ2n) is 5.94. The summed E-state index contributed by atoms with van der Waals surface area (Å²) in [4.78, 5) is 12.2. The van der Waals surface area contributed by atoms with E-state index in [1.165, 1.54) is 7.05 Å². The Hall–Kier alpha value is -1.96. The highest BCUT2D eigenvalue weighted by Gasteiger charge is 2.16. The fraction of sp³-hybridized carbons (Fsp3) is 0.278. The van der Waals surface area contributed by atoms with Crippen LogP contribution in [0.15, 0.2) is 42.5 Å². The molecule has 146 valence electrons. The summed E-state index contributed by atoms with van der Waals surface area (Å²) in [6, 6.07) is 11.5. The molecule has 0 fully saturated rings. The SMILES string of the molecule is CC(Oc1ccc(N(C)S(C)(=O)=O)cc1)C(=O)NCc1ccc(Cl)cc1Cl. The van der Waals surface area contributed by atoms with Gasteiger partial charge in [0.25, 0.3) is 5.91 Å². The first kappa shape index (κ1) is 21.3. The number of carbonyl (C=O) groups is 1. The zero-order valence-electron chi connectivity index (χ0n) is 15.1. The lowest BCUT2D eigenvalue weighted by Crippen LogP contribution is -2.36. The van der Waals surface area contributed by atoms with Gasteiger partial charge < -0.3 is 10.1 Å². The largest absolute Gasteiger partial charge is 0.481 e. The number of amides is 1. The highest BCUT2D eigenvalue weighted by molar-refractivity contribution is 7.92. The number of hydrogen-bond acceptors (Lipinski definition) is 4. The van der Waals surface area contributed by atoms with E-state index in [0.717, 1.165) is 16.1 Å². The molecule has 0 radical (unpaired) electrons. The molecule has 1 N–H and O–H groups in total. The van der Waals surface area contributed by atoms with Crippen molar-refractivity contribution < 1.29 is 17.9 Å². The van der Waals surface area contributed by atoms with Gasteiger partial charge in [-0.1, -0.05) is 29.3 Å². The maximum absolute atomic E-state index is 12.2. The molecule has 0 aliphatic heterocycles. The van der Waals surface area contributed by atoms with Crippen LogP contribution in [-0.2, 0) is 21.4 Å². The Labute approximate surface area is 169 Å². The minimum atomic E-state index is -3.34. The van der Waals surface area contributed by atoms with Gasteiger partial charge in [-0.05, 0) is 48.9 Å². The molecule has 0 saturated carbocycles. The molecule has 9 heteroatoms. The van der Waals surface area contributed by atoms with Gasteiger partial charge in [0.15, 0.2) is 6.10 Å². The third-order valence-electron chi connectivity index (χ3n) is 3.85. The number of rotatable bonds is 7. The van der Waals surface area contributed by atoms with Crippen molar-refractivity contribution in [2.45, 2.75) is 19.6 Å². The lowest BCUT2D eigenvalue weighted by molar-refractivity contribution is -0.127. The van der Waals surface area contributed by atoms with Crippen molar-refractivity contribution >= 4 is 44.8 Å². The summed E-state index contributed by atoms with van der Waals surface area (Å²) in [5.74, 6) is 0.145. The van der Waals surface area contributed by atoms with Gasteiger partial charge in [-0.25, -0.2) is 8.42 Å². The number of halogens is 2. The Balaban J connectivity index is 1.94. The van der Waals surface area contributed by atoms with Crippen molar-refractivity contribution in [1.29, 1.82) is 0 Å². The number of hydrogen-bond donors (Lipinski definition) is 1. The van der Waals surface area contributed by atoms with Crippen LogP contribution in [0.25, 0.3) is 0 Å². The second-order valence-corrected chi connectivity index (χ2v) is 8.80. The van der Waals surface area contributed by atoms with Gasteiger partial charge in [-0.2, -0.15) is 0 Å². The van der Waals surface area contributed by atoms with E-state index >= 15 is 0 Å². The Morgan fingerprint density at radius 1 is 1.19 bits per heavy atom. The van der Waals surface area contributed by atoms with Gasteiger partial charge in [0.05, 0.1) is 11.9 Å². The molecule has 0 saturated heterocycles. The van der Waals surface area contributed by atoms with Crippen LogP contribution < -0.4 is 14.4 Å². The van der Waals surface area contributed by atoms with E-state index in [1.54, 1.807) is 49.4 Å². The number of nitrogens with one attached hydrogen (secondary N) is 1. The van der Waals surface area contributed by atoms with E-state index in [4.69, 9.17) is 27.9 Å². The predicted molar refractivity (Wildman–Crippen MR) is 108 cm³/mol. The van der Waals surface area contributed by atoms with Crippen molar-refractivity contribution in [1.82, 2.24) is 5.32 Å². The molecule has 1 atom stereocenters. The lowest BCUT2D eigenvalue weighted by Gasteiger charge is -2.18. The average molecular weight is 431 g/mol. The fourth-order valence-electron chi connectivity index (χ4n) is 2.17. The first-order valence-corrected chi connectivity index (χ1v) is 10.6. The molecule has 0 aromatic heterocycles. The van der Waals surface area contributed by atoms with E-state index in [0.29, 0.717) is 21.5 Å². The summed E-state index contributed by atoms with van der Waals surface area (Å²) in [6.07, 6.45) is 0.381. The van der Waals surface area contributed by atoms with Gasteiger partial charge in [0.1, 0.15) is 5.75 Å². The Kier molecular flexibility index (Phi) is 6.97. The smallest absolute Gasteiger partial charge is 0.261 e. The summed E-state index contributed by atoms with van der Waals surface area (Å²) in [5, 5.41) is 3.75. The van der Waals surface area contributed by atoms with Crippen LogP contribution in [0.2, 0.25) is 10.0 Å². The Bertz CT molecular complexity index is 917. The quantitative estimate of drug-likeness (QED) is 0.729. The second kappa shape index (κ2) is 8.82. The van der Waals surface area contributed by atoms with Crippen molar-refractivity contribution in [3.63, 3.8) is 0 Å². The highest BCUT2D eigenvalue weighted by atomic mass is 35.5. The summed E-state index contributed by atoms with van der Waals surface area (Å²) >= 11 is 11.9. The van der Waals surface area contributed by atoms with E-state index in [1.807, 2.05) is 0 Å². The molecule has 0 aliphatic rings. The molecule has 6 nitrogen and oxygen atoms in total. The molecule has 2 aromatic carbocycles. The summed E-state index contributed by atoms with van der Waals surface area (Å²) in [6.45, 7) is 1.87. The zero-order valence-corrected chi connectivity index (χ0v) is 17.4. The minimum Gasteiger partial charge on any atom is -0.481 e. The molecular formula is C18H20Cl2N2O4S. The van der Waals surface area contributed by atoms with Crippen LogP contribution in [-0.4, -0.2) is 33.7 Å². The molecule has 1 amide bonds. The van der Waals surface area contributed by atoms with Gasteiger partial charge >= 0.3 is 0 Å². The van der Waals surface area contributed by atoms with Gasteiger partial charge in [-0.3, -0.25) is 9.10 Å². The molecule has 0 spiro atoms. The van der Waals surface area contributed by atoms with E-state index in [2.05, 4.69) is 5.32 Å². The maximum Gasteiger partial charge on any atom is 0.261 e. The van der Waals surface area contributed by atoms with Gasteiger partial charge in [0.2, 0.25) is 10.0 Å². The van der Waals surface area contributed by atoms with Crippen LogP contribution in [0.3, 0.4) is 0 Å². The van der Waals surface area contributed by atoms with Gasteiger partial charge in [-0.15, -0.1) is 0 Å². The maximum atomic E-state index is 12.2. The molecule has 27 heavy (non-hydrogen) atoms. The summed E-state index contributed by atoms with van der Waals surface area (Å²) in [7, 11) is -1.87. The number of anilines is 1. The average Bonchev–Trinajstić information content (AvgIpc) is 2.60.